The topological polar surface area (TPSA) is 58.9 Å². The Bertz CT molecular complexity index is 361. The van der Waals surface area contributed by atoms with Crippen molar-refractivity contribution >= 4 is 34.6 Å². The Balaban J connectivity index is 2.56. The number of carbonyl (C=O) groups is 1. The maximum absolute atomic E-state index is 10.1. The Morgan fingerprint density at radius 1 is 1.79 bits per heavy atom. The molecule has 1 heterocycles. The Labute approximate surface area is 89.8 Å². The number of carboxylic acid groups (broad SMARTS) is 1. The summed E-state index contributed by atoms with van der Waals surface area (Å²) < 4.78 is 0.660. The number of rotatable bonds is 4. The van der Waals surface area contributed by atoms with Crippen LogP contribution in [0, 0.1) is 0 Å². The highest BCUT2D eigenvalue weighted by Gasteiger charge is 2.02. The molecule has 0 saturated heterocycles. The van der Waals surface area contributed by atoms with Crippen molar-refractivity contribution in [3.8, 4) is 0 Å². The second-order valence-electron chi connectivity index (χ2n) is 2.48. The molecule has 0 aliphatic carbocycles. The van der Waals surface area contributed by atoms with Crippen molar-refractivity contribution in [2.75, 3.05) is 6.61 Å². The molecule has 0 aliphatic rings. The van der Waals surface area contributed by atoms with Gasteiger partial charge >= 0.3 is 5.97 Å². The van der Waals surface area contributed by atoms with Crippen molar-refractivity contribution in [1.29, 1.82) is 0 Å². The highest BCUT2D eigenvalue weighted by Crippen LogP contribution is 2.20. The smallest absolute Gasteiger partial charge is 0.344 e. The minimum Gasteiger partial charge on any atom is -0.479 e. The fraction of sp³-hybridized carbons (Fsp3) is 0.250. The van der Waals surface area contributed by atoms with E-state index in [4.69, 9.17) is 16.7 Å². The lowest BCUT2D eigenvalue weighted by molar-refractivity contribution is -0.142. The molecule has 0 spiro atoms. The van der Waals surface area contributed by atoms with E-state index in [0.717, 1.165) is 5.56 Å². The molecule has 6 heteroatoms. The van der Waals surface area contributed by atoms with Crippen LogP contribution in [0.15, 0.2) is 16.6 Å². The van der Waals surface area contributed by atoms with Gasteiger partial charge in [0.2, 0.25) is 6.61 Å². The molecule has 0 aromatic carbocycles. The van der Waals surface area contributed by atoms with Crippen molar-refractivity contribution in [2.24, 2.45) is 5.16 Å². The lowest BCUT2D eigenvalue weighted by atomic mass is 10.2. The van der Waals surface area contributed by atoms with Crippen LogP contribution in [-0.4, -0.2) is 23.4 Å². The predicted octanol–water partition coefficient (Wildman–Crippen LogP) is 2.23. The van der Waals surface area contributed by atoms with Gasteiger partial charge in [-0.25, -0.2) is 4.79 Å². The third kappa shape index (κ3) is 3.35. The quantitative estimate of drug-likeness (QED) is 0.641. The van der Waals surface area contributed by atoms with Gasteiger partial charge < -0.3 is 9.94 Å². The molecule has 0 saturated carbocycles. The van der Waals surface area contributed by atoms with Gasteiger partial charge in [0.1, 0.15) is 0 Å². The van der Waals surface area contributed by atoms with E-state index in [1.807, 2.05) is 5.38 Å². The van der Waals surface area contributed by atoms with Crippen molar-refractivity contribution in [3.05, 3.63) is 21.3 Å². The summed E-state index contributed by atoms with van der Waals surface area (Å²) >= 11 is 7.10. The SMILES string of the molecule is CC(=NOCC(=O)O)c1csc(Cl)c1. The third-order valence-corrected chi connectivity index (χ3v) is 2.47. The lowest BCUT2D eigenvalue weighted by Crippen LogP contribution is -2.05. The Morgan fingerprint density at radius 3 is 3.00 bits per heavy atom. The van der Waals surface area contributed by atoms with Gasteiger partial charge in [-0.15, -0.1) is 11.3 Å². The zero-order valence-corrected chi connectivity index (χ0v) is 8.93. The van der Waals surface area contributed by atoms with Crippen LogP contribution in [0.25, 0.3) is 0 Å². The van der Waals surface area contributed by atoms with E-state index in [1.54, 1.807) is 13.0 Å². The Morgan fingerprint density at radius 2 is 2.50 bits per heavy atom. The highest BCUT2D eigenvalue weighted by molar-refractivity contribution is 7.14. The number of nitrogens with zero attached hydrogens (tertiary/aromatic N) is 1. The highest BCUT2D eigenvalue weighted by atomic mass is 35.5. The summed E-state index contributed by atoms with van der Waals surface area (Å²) in [6.45, 7) is 1.29. The normalized spacial score (nSPS) is 11.4. The lowest BCUT2D eigenvalue weighted by Gasteiger charge is -1.96. The molecular weight excluding hydrogens is 226 g/mol. The summed E-state index contributed by atoms with van der Waals surface area (Å²) in [5.74, 6) is -1.05. The van der Waals surface area contributed by atoms with Gasteiger partial charge in [-0.3, -0.25) is 0 Å². The fourth-order valence-electron chi connectivity index (χ4n) is 0.737. The maximum Gasteiger partial charge on any atom is 0.344 e. The molecule has 14 heavy (non-hydrogen) atoms. The van der Waals surface area contributed by atoms with Gasteiger partial charge in [0.05, 0.1) is 10.0 Å². The molecule has 0 amide bonds. The maximum atomic E-state index is 10.1. The van der Waals surface area contributed by atoms with Gasteiger partial charge in [0.25, 0.3) is 0 Å². The van der Waals surface area contributed by atoms with Gasteiger partial charge in [0, 0.05) is 10.9 Å². The minimum absolute atomic E-state index is 0.435. The Hall–Kier alpha value is -1.07. The molecule has 1 aromatic heterocycles. The van der Waals surface area contributed by atoms with E-state index in [0.29, 0.717) is 10.0 Å². The van der Waals surface area contributed by atoms with E-state index < -0.39 is 12.6 Å². The first-order valence-electron chi connectivity index (χ1n) is 3.72. The summed E-state index contributed by atoms with van der Waals surface area (Å²) in [6.07, 6.45) is 0. The standard InChI is InChI=1S/C8H8ClNO3S/c1-5(10-13-3-8(11)12)6-2-7(9)14-4-6/h2,4H,3H2,1H3,(H,11,12). The number of thiophene rings is 1. The molecular formula is C8H8ClNO3S. The summed E-state index contributed by atoms with van der Waals surface area (Å²) in [7, 11) is 0. The average Bonchev–Trinajstić information content (AvgIpc) is 2.51. The van der Waals surface area contributed by atoms with Crippen molar-refractivity contribution in [2.45, 2.75) is 6.92 Å². The van der Waals surface area contributed by atoms with Crippen LogP contribution in [0.5, 0.6) is 0 Å². The molecule has 1 aromatic rings. The van der Waals surface area contributed by atoms with Crippen molar-refractivity contribution in [3.63, 3.8) is 0 Å². The zero-order valence-electron chi connectivity index (χ0n) is 7.36. The second kappa shape index (κ2) is 4.97. The van der Waals surface area contributed by atoms with E-state index >= 15 is 0 Å². The minimum atomic E-state index is -1.05. The molecule has 0 bridgehead atoms. The fourth-order valence-corrected chi connectivity index (χ4v) is 1.66. The van der Waals surface area contributed by atoms with Crippen LogP contribution in [-0.2, 0) is 9.63 Å². The summed E-state index contributed by atoms with van der Waals surface area (Å²) in [5.41, 5.74) is 1.44. The first kappa shape index (κ1) is 11.0. The van der Waals surface area contributed by atoms with Crippen molar-refractivity contribution in [1.82, 2.24) is 0 Å². The molecule has 76 valence electrons. The summed E-state index contributed by atoms with van der Waals surface area (Å²) in [5, 5.41) is 13.7. The van der Waals surface area contributed by atoms with Crippen LogP contribution in [0.1, 0.15) is 12.5 Å². The van der Waals surface area contributed by atoms with E-state index in [1.165, 1.54) is 11.3 Å². The number of aliphatic carboxylic acids is 1. The van der Waals surface area contributed by atoms with Crippen molar-refractivity contribution < 1.29 is 14.7 Å². The molecule has 0 unspecified atom stereocenters. The number of oxime groups is 1. The van der Waals surface area contributed by atoms with Gasteiger partial charge in [-0.2, -0.15) is 0 Å². The molecule has 1 rings (SSSR count). The van der Waals surface area contributed by atoms with Gasteiger partial charge in [-0.05, 0) is 13.0 Å². The first-order valence-corrected chi connectivity index (χ1v) is 4.98. The molecule has 0 radical (unpaired) electrons. The van der Waals surface area contributed by atoms with E-state index in [9.17, 15) is 4.79 Å². The van der Waals surface area contributed by atoms with Crippen LogP contribution in [0.3, 0.4) is 0 Å². The second-order valence-corrected chi connectivity index (χ2v) is 4.03. The monoisotopic (exact) mass is 233 g/mol. The van der Waals surface area contributed by atoms with Crippen LogP contribution in [0.2, 0.25) is 4.34 Å². The van der Waals surface area contributed by atoms with Gasteiger partial charge in [-0.1, -0.05) is 16.8 Å². The van der Waals surface area contributed by atoms with Crippen LogP contribution in [0.4, 0.5) is 0 Å². The molecule has 1 N–H and O–H groups in total. The molecule has 4 nitrogen and oxygen atoms in total. The van der Waals surface area contributed by atoms with E-state index in [2.05, 4.69) is 9.99 Å². The van der Waals surface area contributed by atoms with E-state index in [-0.39, 0.29) is 0 Å². The zero-order chi connectivity index (χ0) is 10.6. The predicted molar refractivity (Wildman–Crippen MR) is 55.1 cm³/mol. The Kier molecular flexibility index (Phi) is 3.91. The van der Waals surface area contributed by atoms with Gasteiger partial charge in [0.15, 0.2) is 0 Å². The van der Waals surface area contributed by atoms with Crippen LogP contribution >= 0.6 is 22.9 Å². The molecule has 0 atom stereocenters. The number of hydrogen-bond donors (Lipinski definition) is 1. The first-order chi connectivity index (χ1) is 6.59. The largest absolute Gasteiger partial charge is 0.479 e. The third-order valence-electron chi connectivity index (χ3n) is 1.37. The summed E-state index contributed by atoms with van der Waals surface area (Å²) in [4.78, 5) is 14.7. The number of carboxylic acids is 1. The molecule has 0 aliphatic heterocycles. The average molecular weight is 234 g/mol. The summed E-state index contributed by atoms with van der Waals surface area (Å²) in [6, 6.07) is 1.75. The number of hydrogen-bond acceptors (Lipinski definition) is 4. The van der Waals surface area contributed by atoms with Crippen LogP contribution < -0.4 is 0 Å². The number of halogens is 1. The molecule has 0 fully saturated rings.